The minimum Gasteiger partial charge on any atom is -0.476 e. The molecular formula is C13H17N3O3. The number of nitrogens with zero attached hydrogens (tertiary/aromatic N) is 2. The number of nitrogens with one attached hydrogen (secondary N) is 1. The van der Waals surface area contributed by atoms with E-state index in [0.717, 1.165) is 36.9 Å². The van der Waals surface area contributed by atoms with Gasteiger partial charge in [0.2, 0.25) is 5.91 Å². The first kappa shape index (κ1) is 12.2. The number of carbonyl (C=O) groups is 2. The molecule has 0 bridgehead atoms. The van der Waals surface area contributed by atoms with Gasteiger partial charge in [-0.3, -0.25) is 9.48 Å². The number of amides is 1. The normalized spacial score (nSPS) is 25.4. The standard InChI is InChI=1S/C13H17N3O3/c1-16-10-6-7(4-8-2-3-11(17)14-8)5-9(10)12(15-16)13(18)19/h7-8H,2-6H2,1H3,(H,14,17)(H,18,19)/t7?,8-/m0/s1. The Labute approximate surface area is 110 Å². The van der Waals surface area contributed by atoms with Crippen LogP contribution in [0.2, 0.25) is 0 Å². The van der Waals surface area contributed by atoms with E-state index in [0.29, 0.717) is 12.3 Å². The Morgan fingerprint density at radius 2 is 2.32 bits per heavy atom. The second-order valence-electron chi connectivity index (χ2n) is 5.52. The van der Waals surface area contributed by atoms with E-state index in [-0.39, 0.29) is 17.6 Å². The third-order valence-electron chi connectivity index (χ3n) is 4.16. The van der Waals surface area contributed by atoms with Crippen molar-refractivity contribution in [3.05, 3.63) is 17.0 Å². The Hall–Kier alpha value is -1.85. The Bertz CT molecular complexity index is 550. The molecule has 1 aliphatic heterocycles. The largest absolute Gasteiger partial charge is 0.476 e. The summed E-state index contributed by atoms with van der Waals surface area (Å²) in [5, 5.41) is 16.2. The molecule has 0 spiro atoms. The molecule has 0 saturated carbocycles. The van der Waals surface area contributed by atoms with E-state index in [9.17, 15) is 9.59 Å². The second kappa shape index (κ2) is 4.36. The van der Waals surface area contributed by atoms with E-state index in [2.05, 4.69) is 10.4 Å². The molecule has 2 N–H and O–H groups in total. The lowest BCUT2D eigenvalue weighted by Gasteiger charge is -2.15. The van der Waals surface area contributed by atoms with Crippen molar-refractivity contribution < 1.29 is 14.7 Å². The van der Waals surface area contributed by atoms with E-state index in [1.807, 2.05) is 0 Å². The van der Waals surface area contributed by atoms with Crippen LogP contribution in [-0.2, 0) is 24.7 Å². The summed E-state index contributed by atoms with van der Waals surface area (Å²) in [5.41, 5.74) is 2.10. The SMILES string of the molecule is Cn1nc(C(=O)O)c2c1CC(C[C@@H]1CCC(=O)N1)C2. The number of rotatable bonds is 3. The van der Waals surface area contributed by atoms with E-state index in [4.69, 9.17) is 5.11 Å². The number of carbonyl (C=O) groups excluding carboxylic acids is 1. The molecule has 1 aliphatic carbocycles. The molecule has 1 saturated heterocycles. The molecule has 6 nitrogen and oxygen atoms in total. The Balaban J connectivity index is 1.72. The number of aryl methyl sites for hydroxylation is 1. The first-order valence-corrected chi connectivity index (χ1v) is 6.62. The quantitative estimate of drug-likeness (QED) is 0.831. The molecule has 0 radical (unpaired) electrons. The van der Waals surface area contributed by atoms with Crippen LogP contribution in [0.4, 0.5) is 0 Å². The molecular weight excluding hydrogens is 246 g/mol. The lowest BCUT2D eigenvalue weighted by atomic mass is 9.96. The average molecular weight is 263 g/mol. The maximum atomic E-state index is 11.2. The minimum absolute atomic E-state index is 0.133. The molecule has 1 unspecified atom stereocenters. The minimum atomic E-state index is -0.952. The predicted molar refractivity (Wildman–Crippen MR) is 66.8 cm³/mol. The first-order valence-electron chi connectivity index (χ1n) is 6.62. The molecule has 2 heterocycles. The van der Waals surface area contributed by atoms with Crippen LogP contribution in [0.25, 0.3) is 0 Å². The number of carboxylic acids is 1. The number of fused-ring (bicyclic) bond motifs is 1. The zero-order valence-corrected chi connectivity index (χ0v) is 10.8. The molecule has 3 rings (SSSR count). The van der Waals surface area contributed by atoms with Crippen molar-refractivity contribution in [1.82, 2.24) is 15.1 Å². The molecule has 1 aromatic heterocycles. The molecule has 1 amide bonds. The molecule has 6 heteroatoms. The fourth-order valence-corrected chi connectivity index (χ4v) is 3.30. The van der Waals surface area contributed by atoms with Crippen molar-refractivity contribution in [2.24, 2.45) is 13.0 Å². The zero-order chi connectivity index (χ0) is 13.6. The number of aromatic carboxylic acids is 1. The van der Waals surface area contributed by atoms with Crippen LogP contribution in [0.3, 0.4) is 0 Å². The van der Waals surface area contributed by atoms with Gasteiger partial charge in [-0.2, -0.15) is 5.10 Å². The summed E-state index contributed by atoms with van der Waals surface area (Å²) < 4.78 is 1.69. The van der Waals surface area contributed by atoms with E-state index in [1.165, 1.54) is 0 Å². The van der Waals surface area contributed by atoms with Gasteiger partial charge in [-0.05, 0) is 31.6 Å². The van der Waals surface area contributed by atoms with Gasteiger partial charge in [-0.25, -0.2) is 4.79 Å². The average Bonchev–Trinajstić information content (AvgIpc) is 2.98. The van der Waals surface area contributed by atoms with E-state index < -0.39 is 5.97 Å². The maximum absolute atomic E-state index is 11.2. The van der Waals surface area contributed by atoms with Crippen molar-refractivity contribution in [2.75, 3.05) is 0 Å². The Kier molecular flexibility index (Phi) is 2.80. The lowest BCUT2D eigenvalue weighted by molar-refractivity contribution is -0.119. The smallest absolute Gasteiger partial charge is 0.356 e. The van der Waals surface area contributed by atoms with Crippen LogP contribution < -0.4 is 5.32 Å². The molecule has 1 fully saturated rings. The summed E-state index contributed by atoms with van der Waals surface area (Å²) in [5.74, 6) is -0.402. The topological polar surface area (TPSA) is 84.2 Å². The number of hydrogen-bond acceptors (Lipinski definition) is 3. The summed E-state index contributed by atoms with van der Waals surface area (Å²) in [6.07, 6.45) is 4.07. The Morgan fingerprint density at radius 3 is 2.95 bits per heavy atom. The fraction of sp³-hybridized carbons (Fsp3) is 0.615. The summed E-state index contributed by atoms with van der Waals surface area (Å²) >= 11 is 0. The Morgan fingerprint density at radius 1 is 1.53 bits per heavy atom. The summed E-state index contributed by atoms with van der Waals surface area (Å²) in [7, 11) is 1.80. The highest BCUT2D eigenvalue weighted by atomic mass is 16.4. The highest BCUT2D eigenvalue weighted by molar-refractivity contribution is 5.87. The maximum Gasteiger partial charge on any atom is 0.356 e. The van der Waals surface area contributed by atoms with Crippen LogP contribution in [0.1, 0.15) is 41.0 Å². The van der Waals surface area contributed by atoms with Gasteiger partial charge in [0.05, 0.1) is 0 Å². The fourth-order valence-electron chi connectivity index (χ4n) is 3.30. The molecule has 102 valence electrons. The van der Waals surface area contributed by atoms with Gasteiger partial charge >= 0.3 is 5.97 Å². The van der Waals surface area contributed by atoms with Crippen molar-refractivity contribution in [3.8, 4) is 0 Å². The van der Waals surface area contributed by atoms with Crippen LogP contribution in [0.15, 0.2) is 0 Å². The van der Waals surface area contributed by atoms with Crippen LogP contribution in [0, 0.1) is 5.92 Å². The highest BCUT2D eigenvalue weighted by Gasteiger charge is 2.33. The van der Waals surface area contributed by atoms with Crippen LogP contribution in [-0.4, -0.2) is 32.8 Å². The highest BCUT2D eigenvalue weighted by Crippen LogP contribution is 2.32. The molecule has 2 aliphatic rings. The van der Waals surface area contributed by atoms with Gasteiger partial charge in [-0.15, -0.1) is 0 Å². The predicted octanol–water partition coefficient (Wildman–Crippen LogP) is 0.502. The van der Waals surface area contributed by atoms with Gasteiger partial charge < -0.3 is 10.4 Å². The van der Waals surface area contributed by atoms with Gasteiger partial charge in [-0.1, -0.05) is 0 Å². The van der Waals surface area contributed by atoms with Crippen molar-refractivity contribution in [3.63, 3.8) is 0 Å². The summed E-state index contributed by atoms with van der Waals surface area (Å²) in [6, 6.07) is 0.257. The molecule has 1 aromatic rings. The zero-order valence-electron chi connectivity index (χ0n) is 10.8. The molecule has 19 heavy (non-hydrogen) atoms. The summed E-state index contributed by atoms with van der Waals surface area (Å²) in [6.45, 7) is 0. The number of hydrogen-bond donors (Lipinski definition) is 2. The summed E-state index contributed by atoms with van der Waals surface area (Å²) in [4.78, 5) is 22.3. The number of carboxylic acid groups (broad SMARTS) is 1. The third-order valence-corrected chi connectivity index (χ3v) is 4.16. The van der Waals surface area contributed by atoms with Gasteiger partial charge in [0.1, 0.15) is 0 Å². The molecule has 2 atom stereocenters. The lowest BCUT2D eigenvalue weighted by Crippen LogP contribution is -2.28. The third kappa shape index (κ3) is 2.11. The van der Waals surface area contributed by atoms with Crippen molar-refractivity contribution >= 4 is 11.9 Å². The number of aromatic nitrogens is 2. The van der Waals surface area contributed by atoms with Crippen molar-refractivity contribution in [2.45, 2.75) is 38.1 Å². The van der Waals surface area contributed by atoms with Gasteiger partial charge in [0.25, 0.3) is 0 Å². The molecule has 0 aromatic carbocycles. The van der Waals surface area contributed by atoms with E-state index in [1.54, 1.807) is 11.7 Å². The van der Waals surface area contributed by atoms with Crippen LogP contribution in [0.5, 0.6) is 0 Å². The van der Waals surface area contributed by atoms with Crippen molar-refractivity contribution in [1.29, 1.82) is 0 Å². The first-order chi connectivity index (χ1) is 9.04. The van der Waals surface area contributed by atoms with Gasteiger partial charge in [0.15, 0.2) is 5.69 Å². The van der Waals surface area contributed by atoms with Gasteiger partial charge in [0, 0.05) is 30.8 Å². The van der Waals surface area contributed by atoms with Crippen LogP contribution >= 0.6 is 0 Å². The monoisotopic (exact) mass is 263 g/mol. The second-order valence-corrected chi connectivity index (χ2v) is 5.52. The van der Waals surface area contributed by atoms with E-state index >= 15 is 0 Å².